The van der Waals surface area contributed by atoms with Gasteiger partial charge in [0, 0.05) is 12.3 Å². The molecule has 1 unspecified atom stereocenters. The number of carboxylic acids is 1. The topological polar surface area (TPSA) is 71.7 Å². The van der Waals surface area contributed by atoms with Gasteiger partial charge in [-0.2, -0.15) is 0 Å². The molecule has 0 bridgehead atoms. The Morgan fingerprint density at radius 1 is 1.17 bits per heavy atom. The van der Waals surface area contributed by atoms with Gasteiger partial charge in [0.2, 0.25) is 0 Å². The van der Waals surface area contributed by atoms with Crippen molar-refractivity contribution < 1.29 is 9.90 Å². The maximum absolute atomic E-state index is 12.2. The first-order chi connectivity index (χ1) is 11.0. The van der Waals surface area contributed by atoms with Gasteiger partial charge in [-0.3, -0.25) is 19.0 Å². The lowest BCUT2D eigenvalue weighted by Gasteiger charge is -2.09. The van der Waals surface area contributed by atoms with Crippen LogP contribution in [0.2, 0.25) is 0 Å². The summed E-state index contributed by atoms with van der Waals surface area (Å²) in [5.41, 5.74) is 3.77. The van der Waals surface area contributed by atoms with E-state index in [2.05, 4.69) is 4.98 Å². The van der Waals surface area contributed by atoms with Crippen LogP contribution in [-0.2, 0) is 4.79 Å². The first-order valence-electron chi connectivity index (χ1n) is 7.28. The zero-order valence-corrected chi connectivity index (χ0v) is 12.9. The van der Waals surface area contributed by atoms with Crippen LogP contribution in [0.5, 0.6) is 0 Å². The van der Waals surface area contributed by atoms with Crippen molar-refractivity contribution in [1.29, 1.82) is 0 Å². The largest absolute Gasteiger partial charge is 0.481 e. The number of fused-ring (bicyclic) bond motifs is 1. The van der Waals surface area contributed by atoms with E-state index in [0.29, 0.717) is 0 Å². The molecule has 1 N–H and O–H groups in total. The molecule has 0 aliphatic carbocycles. The molecule has 5 nitrogen and oxygen atoms in total. The molecule has 2 heterocycles. The average Bonchev–Trinajstić information content (AvgIpc) is 2.54. The van der Waals surface area contributed by atoms with E-state index >= 15 is 0 Å². The third-order valence-electron chi connectivity index (χ3n) is 3.93. The molecule has 2 aromatic heterocycles. The van der Waals surface area contributed by atoms with Crippen LogP contribution in [0.25, 0.3) is 16.6 Å². The monoisotopic (exact) mass is 308 g/mol. The van der Waals surface area contributed by atoms with Crippen molar-refractivity contribution in [2.75, 3.05) is 0 Å². The molecule has 3 aromatic rings. The smallest absolute Gasteiger partial charge is 0.310 e. The molecule has 0 aliphatic rings. The third-order valence-corrected chi connectivity index (χ3v) is 3.93. The summed E-state index contributed by atoms with van der Waals surface area (Å²) >= 11 is 0. The van der Waals surface area contributed by atoms with Gasteiger partial charge in [0.1, 0.15) is 0 Å². The summed E-state index contributed by atoms with van der Waals surface area (Å²) in [6.07, 6.45) is 3.38. The minimum absolute atomic E-state index is 0.119. The Labute approximate surface area is 132 Å². The molecule has 3 rings (SSSR count). The van der Waals surface area contributed by atoms with Gasteiger partial charge in [-0.1, -0.05) is 24.3 Å². The number of pyridine rings is 1. The number of aryl methyl sites for hydroxylation is 1. The highest BCUT2D eigenvalue weighted by atomic mass is 16.4. The molecule has 0 saturated carbocycles. The van der Waals surface area contributed by atoms with E-state index in [1.54, 1.807) is 41.9 Å². The quantitative estimate of drug-likeness (QED) is 0.807. The number of benzene rings is 1. The van der Waals surface area contributed by atoms with Crippen molar-refractivity contribution in [3.63, 3.8) is 0 Å². The molecular formula is C18H16N2O3. The van der Waals surface area contributed by atoms with E-state index in [9.17, 15) is 9.59 Å². The van der Waals surface area contributed by atoms with Gasteiger partial charge in [-0.15, -0.1) is 0 Å². The predicted molar refractivity (Wildman–Crippen MR) is 87.7 cm³/mol. The van der Waals surface area contributed by atoms with Crippen molar-refractivity contribution >= 4 is 11.5 Å². The van der Waals surface area contributed by atoms with Crippen LogP contribution in [0.15, 0.2) is 53.6 Å². The molecule has 0 radical (unpaired) electrons. The van der Waals surface area contributed by atoms with Crippen molar-refractivity contribution in [2.24, 2.45) is 0 Å². The second-order valence-electron chi connectivity index (χ2n) is 5.59. The maximum atomic E-state index is 12.2. The number of carbonyl (C=O) groups is 1. The lowest BCUT2D eigenvalue weighted by Crippen LogP contribution is -2.13. The summed E-state index contributed by atoms with van der Waals surface area (Å²) < 4.78 is 1.56. The number of hydrogen-bond acceptors (Lipinski definition) is 3. The zero-order chi connectivity index (χ0) is 16.6. The van der Waals surface area contributed by atoms with Crippen LogP contribution in [0.1, 0.15) is 24.1 Å². The zero-order valence-electron chi connectivity index (χ0n) is 12.9. The fourth-order valence-corrected chi connectivity index (χ4v) is 2.50. The highest BCUT2D eigenvalue weighted by Gasteiger charge is 2.13. The Hall–Kier alpha value is -2.95. The van der Waals surface area contributed by atoms with Crippen LogP contribution in [0.3, 0.4) is 0 Å². The fourth-order valence-electron chi connectivity index (χ4n) is 2.50. The summed E-state index contributed by atoms with van der Waals surface area (Å²) in [5.74, 6) is -1.42. The van der Waals surface area contributed by atoms with Gasteiger partial charge in [-0.05, 0) is 36.6 Å². The lowest BCUT2D eigenvalue weighted by atomic mass is 9.98. The predicted octanol–water partition coefficient (Wildman–Crippen LogP) is 2.86. The van der Waals surface area contributed by atoms with Crippen LogP contribution < -0.4 is 5.56 Å². The van der Waals surface area contributed by atoms with Gasteiger partial charge in [-0.25, -0.2) is 0 Å². The first kappa shape index (κ1) is 15.0. The number of nitrogens with zero attached hydrogens (tertiary/aromatic N) is 2. The van der Waals surface area contributed by atoms with E-state index in [1.165, 1.54) is 0 Å². The standard InChI is InChI=1S/C18H16N2O3/c1-11-10-20-16(9-19-11)7-15(8-17(20)21)14-5-3-13(4-6-14)12(2)18(22)23/h3-10,12H,1-2H3,(H,22,23). The normalized spacial score (nSPS) is 12.3. The summed E-state index contributed by atoms with van der Waals surface area (Å²) in [7, 11) is 0. The fraction of sp³-hybridized carbons (Fsp3) is 0.167. The van der Waals surface area contributed by atoms with Crippen LogP contribution in [0.4, 0.5) is 0 Å². The highest BCUT2D eigenvalue weighted by Crippen LogP contribution is 2.23. The van der Waals surface area contributed by atoms with Crippen LogP contribution >= 0.6 is 0 Å². The number of carboxylic acid groups (broad SMARTS) is 1. The number of rotatable bonds is 3. The van der Waals surface area contributed by atoms with Crippen molar-refractivity contribution in [1.82, 2.24) is 9.38 Å². The SMILES string of the molecule is Cc1cn2c(=O)cc(-c3ccc(C(C)C(=O)O)cc3)cc2cn1. The van der Waals surface area contributed by atoms with Gasteiger partial charge in [0.05, 0.1) is 23.3 Å². The van der Waals surface area contributed by atoms with Gasteiger partial charge < -0.3 is 5.11 Å². The summed E-state index contributed by atoms with van der Waals surface area (Å²) in [6, 6.07) is 10.7. The highest BCUT2D eigenvalue weighted by molar-refractivity contribution is 5.76. The van der Waals surface area contributed by atoms with Crippen molar-refractivity contribution in [2.45, 2.75) is 19.8 Å². The van der Waals surface area contributed by atoms with Crippen LogP contribution in [0, 0.1) is 6.92 Å². The second kappa shape index (κ2) is 5.68. The Bertz CT molecular complexity index is 943. The molecule has 0 amide bonds. The Morgan fingerprint density at radius 3 is 2.52 bits per heavy atom. The van der Waals surface area contributed by atoms with Gasteiger partial charge in [0.15, 0.2) is 0 Å². The minimum Gasteiger partial charge on any atom is -0.481 e. The van der Waals surface area contributed by atoms with E-state index < -0.39 is 11.9 Å². The van der Waals surface area contributed by atoms with Crippen LogP contribution in [-0.4, -0.2) is 20.5 Å². The second-order valence-corrected chi connectivity index (χ2v) is 5.59. The Kier molecular flexibility index (Phi) is 3.70. The number of aliphatic carboxylic acids is 1. The molecule has 0 spiro atoms. The first-order valence-corrected chi connectivity index (χ1v) is 7.28. The molecule has 5 heteroatoms. The Morgan fingerprint density at radius 2 is 1.87 bits per heavy atom. The summed E-state index contributed by atoms with van der Waals surface area (Å²) in [4.78, 5) is 27.5. The molecule has 0 fully saturated rings. The van der Waals surface area contributed by atoms with E-state index in [1.807, 2.05) is 25.1 Å². The lowest BCUT2D eigenvalue weighted by molar-refractivity contribution is -0.138. The third kappa shape index (κ3) is 2.85. The van der Waals surface area contributed by atoms with E-state index in [4.69, 9.17) is 5.11 Å². The summed E-state index contributed by atoms with van der Waals surface area (Å²) in [6.45, 7) is 3.48. The summed E-state index contributed by atoms with van der Waals surface area (Å²) in [5, 5.41) is 9.05. The molecule has 1 aromatic carbocycles. The van der Waals surface area contributed by atoms with E-state index in [0.717, 1.165) is 27.9 Å². The molecule has 0 saturated heterocycles. The molecule has 1 atom stereocenters. The minimum atomic E-state index is -0.858. The number of aromatic nitrogens is 2. The van der Waals surface area contributed by atoms with Crippen molar-refractivity contribution in [3.8, 4) is 11.1 Å². The Balaban J connectivity index is 2.05. The maximum Gasteiger partial charge on any atom is 0.310 e. The molecule has 23 heavy (non-hydrogen) atoms. The number of hydrogen-bond donors (Lipinski definition) is 1. The van der Waals surface area contributed by atoms with Gasteiger partial charge in [0.25, 0.3) is 5.56 Å². The van der Waals surface area contributed by atoms with Crippen molar-refractivity contribution in [3.05, 3.63) is 70.4 Å². The molecule has 116 valence electrons. The van der Waals surface area contributed by atoms with E-state index in [-0.39, 0.29) is 5.56 Å². The molecular weight excluding hydrogens is 292 g/mol. The van der Waals surface area contributed by atoms with Gasteiger partial charge >= 0.3 is 5.97 Å². The molecule has 0 aliphatic heterocycles. The average molecular weight is 308 g/mol.